The lowest BCUT2D eigenvalue weighted by Crippen LogP contribution is -2.28. The number of aryl methyl sites for hydroxylation is 2. The Hall–Kier alpha value is -2.50. The number of thioether (sulfide) groups is 1. The van der Waals surface area contributed by atoms with E-state index in [2.05, 4.69) is 72.0 Å². The minimum Gasteiger partial charge on any atom is -0.508 e. The number of hydrogen-bond donors (Lipinski definition) is 1. The van der Waals surface area contributed by atoms with Crippen molar-refractivity contribution in [3.05, 3.63) is 76.3 Å². The number of hydrogen-bond acceptors (Lipinski definition) is 4. The molecule has 3 aromatic rings. The molecule has 4 rings (SSSR count). The van der Waals surface area contributed by atoms with Crippen molar-refractivity contribution in [1.29, 1.82) is 0 Å². The van der Waals surface area contributed by atoms with E-state index in [1.54, 1.807) is 29.2 Å². The van der Waals surface area contributed by atoms with Crippen molar-refractivity contribution in [2.75, 3.05) is 11.9 Å². The molecule has 0 bridgehead atoms. The normalized spacial score (nSPS) is 15.7. The van der Waals surface area contributed by atoms with Crippen LogP contribution in [0.1, 0.15) is 10.6 Å². The predicted octanol–water partition coefficient (Wildman–Crippen LogP) is 5.39. The first-order valence-corrected chi connectivity index (χ1v) is 10.3. The van der Waals surface area contributed by atoms with Gasteiger partial charge in [-0.3, -0.25) is 0 Å². The maximum Gasteiger partial charge on any atom is 0.262 e. The van der Waals surface area contributed by atoms with Gasteiger partial charge in [-0.1, -0.05) is 47.4 Å². The number of anilines is 1. The highest BCUT2D eigenvalue weighted by Crippen LogP contribution is 2.46. The van der Waals surface area contributed by atoms with Crippen LogP contribution in [0.2, 0.25) is 0 Å². The third-order valence-electron chi connectivity index (χ3n) is 4.57. The van der Waals surface area contributed by atoms with Crippen LogP contribution in [0.15, 0.2) is 70.6 Å². The zero-order valence-corrected chi connectivity index (χ0v) is 17.1. The van der Waals surface area contributed by atoms with Gasteiger partial charge in [0.05, 0.1) is 10.7 Å². The summed E-state index contributed by atoms with van der Waals surface area (Å²) in [6.45, 7) is 2.13. The van der Waals surface area contributed by atoms with E-state index in [-0.39, 0.29) is 0 Å². The van der Waals surface area contributed by atoms with Crippen LogP contribution in [0.25, 0.3) is 16.3 Å². The zero-order valence-electron chi connectivity index (χ0n) is 15.5. The van der Waals surface area contributed by atoms with E-state index in [0.717, 1.165) is 15.6 Å². The molecule has 0 amide bonds. The van der Waals surface area contributed by atoms with E-state index < -0.39 is 0 Å². The average Bonchev–Trinajstić information content (AvgIpc) is 3.11. The Bertz CT molecular complexity index is 1110. The van der Waals surface area contributed by atoms with E-state index >= 15 is 0 Å². The summed E-state index contributed by atoms with van der Waals surface area (Å²) in [4.78, 5) is 3.22. The molecule has 0 radical (unpaired) electrons. The number of aromatic hydroxyl groups is 1. The van der Waals surface area contributed by atoms with Gasteiger partial charge in [-0.2, -0.15) is 4.57 Å². The minimum atomic E-state index is 0.306. The fourth-order valence-electron chi connectivity index (χ4n) is 3.07. The number of benzene rings is 2. The van der Waals surface area contributed by atoms with Gasteiger partial charge in [0.1, 0.15) is 17.5 Å². The highest BCUT2D eigenvalue weighted by Gasteiger charge is 2.21. The molecule has 1 aromatic heterocycles. The Labute approximate surface area is 167 Å². The van der Waals surface area contributed by atoms with Crippen LogP contribution in [0, 0.1) is 6.92 Å². The molecule has 3 nitrogen and oxygen atoms in total. The summed E-state index contributed by atoms with van der Waals surface area (Å²) < 4.78 is 3.54. The Morgan fingerprint density at radius 3 is 2.78 bits per heavy atom. The average molecular weight is 394 g/mol. The molecule has 1 aliphatic rings. The van der Waals surface area contributed by atoms with Crippen LogP contribution < -0.4 is 9.47 Å². The number of fused-ring (bicyclic) bond motifs is 2. The lowest BCUT2D eigenvalue weighted by molar-refractivity contribution is -0.642. The molecule has 2 heterocycles. The van der Waals surface area contributed by atoms with Crippen molar-refractivity contribution in [2.24, 2.45) is 7.05 Å². The third-order valence-corrected chi connectivity index (χ3v) is 6.90. The van der Waals surface area contributed by atoms with Crippen molar-refractivity contribution in [2.45, 2.75) is 11.8 Å². The third kappa shape index (κ3) is 3.53. The summed E-state index contributed by atoms with van der Waals surface area (Å²) in [7, 11) is 4.15. The highest BCUT2D eigenvalue weighted by molar-refractivity contribution is 8.03. The molecule has 0 atom stereocenters. The van der Waals surface area contributed by atoms with Crippen LogP contribution in [0.5, 0.6) is 5.75 Å². The number of rotatable bonds is 3. The molecule has 0 saturated heterocycles. The molecule has 27 heavy (non-hydrogen) atoms. The summed E-state index contributed by atoms with van der Waals surface area (Å²) in [6.07, 6.45) is 10.4. The lowest BCUT2D eigenvalue weighted by Gasteiger charge is -2.12. The fraction of sp³-hybridized carbons (Fsp3) is 0.136. The summed E-state index contributed by atoms with van der Waals surface area (Å²) in [5, 5.41) is 12.0. The topological polar surface area (TPSA) is 27.3 Å². The lowest BCUT2D eigenvalue weighted by atomic mass is 10.2. The van der Waals surface area contributed by atoms with Crippen molar-refractivity contribution in [3.63, 3.8) is 0 Å². The summed E-state index contributed by atoms with van der Waals surface area (Å²) in [5.41, 5.74) is 3.68. The molecule has 2 aromatic carbocycles. The van der Waals surface area contributed by atoms with Gasteiger partial charge in [0.2, 0.25) is 5.52 Å². The molecule has 136 valence electrons. The molecule has 0 unspecified atom stereocenters. The molecule has 1 N–H and O–H groups in total. The second kappa shape index (κ2) is 7.25. The van der Waals surface area contributed by atoms with Gasteiger partial charge in [0, 0.05) is 24.1 Å². The van der Waals surface area contributed by atoms with E-state index in [4.69, 9.17) is 0 Å². The van der Waals surface area contributed by atoms with E-state index in [0.29, 0.717) is 5.75 Å². The summed E-state index contributed by atoms with van der Waals surface area (Å²) in [6, 6.07) is 12.1. The summed E-state index contributed by atoms with van der Waals surface area (Å²) >= 11 is 3.47. The van der Waals surface area contributed by atoms with Crippen molar-refractivity contribution in [3.8, 4) is 5.75 Å². The molecule has 0 fully saturated rings. The minimum absolute atomic E-state index is 0.306. The van der Waals surface area contributed by atoms with Gasteiger partial charge in [-0.25, -0.2) is 0 Å². The van der Waals surface area contributed by atoms with E-state index in [1.165, 1.54) is 20.8 Å². The van der Waals surface area contributed by atoms with E-state index in [1.807, 2.05) is 19.2 Å². The van der Waals surface area contributed by atoms with Crippen LogP contribution in [0.4, 0.5) is 5.69 Å². The van der Waals surface area contributed by atoms with Crippen molar-refractivity contribution >= 4 is 45.1 Å². The van der Waals surface area contributed by atoms with Gasteiger partial charge in [0.25, 0.3) is 5.01 Å². The molecule has 0 spiro atoms. The Kier molecular flexibility index (Phi) is 4.81. The fourth-order valence-corrected chi connectivity index (χ4v) is 5.33. The molecule has 0 saturated carbocycles. The van der Waals surface area contributed by atoms with Crippen LogP contribution in [-0.4, -0.2) is 12.2 Å². The second-order valence-corrected chi connectivity index (χ2v) is 8.66. The van der Waals surface area contributed by atoms with Gasteiger partial charge in [0.15, 0.2) is 0 Å². The van der Waals surface area contributed by atoms with Gasteiger partial charge in [-0.05, 0) is 42.8 Å². The van der Waals surface area contributed by atoms with Crippen molar-refractivity contribution in [1.82, 2.24) is 0 Å². The molecular weight excluding hydrogens is 372 g/mol. The second-order valence-electron chi connectivity index (χ2n) is 6.53. The van der Waals surface area contributed by atoms with Crippen LogP contribution >= 0.6 is 23.1 Å². The molecule has 0 aliphatic carbocycles. The van der Waals surface area contributed by atoms with Crippen LogP contribution in [0.3, 0.4) is 0 Å². The maximum atomic E-state index is 9.64. The predicted molar refractivity (Wildman–Crippen MR) is 116 cm³/mol. The smallest absolute Gasteiger partial charge is 0.262 e. The van der Waals surface area contributed by atoms with Gasteiger partial charge < -0.3 is 10.0 Å². The number of allylic oxidation sites excluding steroid dienone is 4. The SMILES string of the molecule is Cc1ccc2c(c1)sc(C=CC=CC=C1Sc3cc(O)ccc3N1C)[n+]2C. The van der Waals surface area contributed by atoms with Crippen LogP contribution in [-0.2, 0) is 7.05 Å². The number of nitrogens with zero attached hydrogens (tertiary/aromatic N) is 2. The van der Waals surface area contributed by atoms with Gasteiger partial charge >= 0.3 is 0 Å². The first-order chi connectivity index (χ1) is 13.0. The number of thiazole rings is 1. The maximum absolute atomic E-state index is 9.64. The monoisotopic (exact) mass is 393 g/mol. The largest absolute Gasteiger partial charge is 0.508 e. The number of phenols is 1. The van der Waals surface area contributed by atoms with Gasteiger partial charge in [-0.15, -0.1) is 0 Å². The quantitative estimate of drug-likeness (QED) is 0.477. The summed E-state index contributed by atoms with van der Waals surface area (Å²) in [5.74, 6) is 0.306. The first-order valence-electron chi connectivity index (χ1n) is 8.72. The first kappa shape index (κ1) is 17.9. The molecular formula is C22H21N2OS2+. The zero-order chi connectivity index (χ0) is 19.0. The standard InChI is InChI=1S/C22H20N2OS2/c1-15-9-11-17-19(13-15)26-21(23(17)2)7-5-4-6-8-22-24(3)18-12-10-16(25)14-20(18)27-22/h4-14H,1-3H3/p+1. The van der Waals surface area contributed by atoms with E-state index in [9.17, 15) is 5.11 Å². The number of aromatic nitrogens is 1. The molecule has 1 aliphatic heterocycles. The Morgan fingerprint density at radius 2 is 1.93 bits per heavy atom. The highest BCUT2D eigenvalue weighted by atomic mass is 32.2. The molecule has 5 heteroatoms. The van der Waals surface area contributed by atoms with Crippen molar-refractivity contribution < 1.29 is 9.67 Å². The Morgan fingerprint density at radius 1 is 1.07 bits per heavy atom. The Balaban J connectivity index is 1.49. The number of phenolic OH excluding ortho intramolecular Hbond substituents is 1.